The van der Waals surface area contributed by atoms with Crippen molar-refractivity contribution in [3.63, 3.8) is 0 Å². The van der Waals surface area contributed by atoms with Crippen molar-refractivity contribution >= 4 is 23.5 Å². The number of fused-ring (bicyclic) bond motifs is 2. The van der Waals surface area contributed by atoms with Gasteiger partial charge in [-0.05, 0) is 19.4 Å². The molecule has 1 unspecified atom stereocenters. The molecule has 1 aromatic heterocycles. The minimum Gasteiger partial charge on any atom is -0.493 e. The van der Waals surface area contributed by atoms with E-state index in [1.807, 2.05) is 13.8 Å². The number of methoxy groups -OCH3 is 1. The molecule has 1 aliphatic heterocycles. The summed E-state index contributed by atoms with van der Waals surface area (Å²) < 4.78 is 45.0. The van der Waals surface area contributed by atoms with Gasteiger partial charge < -0.3 is 9.72 Å². The zero-order valence-electron chi connectivity index (χ0n) is 12.1. The van der Waals surface area contributed by atoms with Gasteiger partial charge in [0.15, 0.2) is 5.76 Å². The number of amides is 1. The number of nitrogens with zero attached hydrogens (tertiary/aromatic N) is 1. The molecule has 1 aliphatic carbocycles. The number of nitrogens with one attached hydrogen (secondary N) is 1. The number of aliphatic imine (C=N–C) groups is 1. The lowest BCUT2D eigenvalue weighted by Gasteiger charge is -2.26. The number of aryl methyl sites for hydroxylation is 1. The minimum atomic E-state index is -4.60. The Morgan fingerprint density at radius 3 is 2.59 bits per heavy atom. The molecule has 0 saturated heterocycles. The van der Waals surface area contributed by atoms with Gasteiger partial charge in [0, 0.05) is 17.0 Å². The first kappa shape index (κ1) is 14.6. The van der Waals surface area contributed by atoms with Crippen molar-refractivity contribution in [3.05, 3.63) is 33.5 Å². The molecular weight excluding hydrogens is 297 g/mol. The van der Waals surface area contributed by atoms with Crippen molar-refractivity contribution in [1.82, 2.24) is 4.98 Å². The van der Waals surface area contributed by atoms with Crippen molar-refractivity contribution in [2.24, 2.45) is 10.9 Å². The fraction of sp³-hybridized carbons (Fsp3) is 0.333. The molecule has 3 rings (SSSR count). The van der Waals surface area contributed by atoms with Gasteiger partial charge in [-0.3, -0.25) is 4.79 Å². The fourth-order valence-corrected chi connectivity index (χ4v) is 2.84. The second-order valence-electron chi connectivity index (χ2n) is 5.27. The van der Waals surface area contributed by atoms with E-state index in [1.165, 1.54) is 13.2 Å². The van der Waals surface area contributed by atoms with Crippen molar-refractivity contribution in [1.29, 1.82) is 0 Å². The lowest BCUT2D eigenvalue weighted by molar-refractivity contribution is -0.116. The first-order valence-corrected chi connectivity index (χ1v) is 6.61. The highest BCUT2D eigenvalue weighted by atomic mass is 19.4. The lowest BCUT2D eigenvalue weighted by Crippen LogP contribution is -2.42. The maximum absolute atomic E-state index is 13.2. The van der Waals surface area contributed by atoms with E-state index < -0.39 is 23.6 Å². The number of carbonyl (C=O) groups excluding carboxylic acids is 1. The molecule has 0 bridgehead atoms. The summed E-state index contributed by atoms with van der Waals surface area (Å²) in [5.41, 5.74) is 0.762. The van der Waals surface area contributed by atoms with E-state index in [0.29, 0.717) is 16.6 Å². The van der Waals surface area contributed by atoms with Crippen LogP contribution in [0.1, 0.15) is 11.3 Å². The molecule has 116 valence electrons. The Hall–Kier alpha value is -2.31. The van der Waals surface area contributed by atoms with Gasteiger partial charge in [0.05, 0.1) is 29.7 Å². The minimum absolute atomic E-state index is 0.00363. The van der Waals surface area contributed by atoms with Crippen LogP contribution in [0.4, 0.5) is 13.2 Å². The topological polar surface area (TPSA) is 54.5 Å². The average Bonchev–Trinajstić information content (AvgIpc) is 2.70. The number of dihydropyridines is 1. The van der Waals surface area contributed by atoms with Crippen molar-refractivity contribution < 1.29 is 22.7 Å². The molecule has 1 atom stereocenters. The van der Waals surface area contributed by atoms with E-state index >= 15 is 0 Å². The molecule has 2 aliphatic rings. The van der Waals surface area contributed by atoms with Gasteiger partial charge in [-0.2, -0.15) is 13.2 Å². The zero-order valence-corrected chi connectivity index (χ0v) is 12.1. The van der Waals surface area contributed by atoms with Crippen LogP contribution in [-0.2, 0) is 9.53 Å². The third-order valence-corrected chi connectivity index (χ3v) is 4.01. The summed E-state index contributed by atoms with van der Waals surface area (Å²) in [6, 6.07) is 0. The fourth-order valence-electron chi connectivity index (χ4n) is 2.84. The molecule has 22 heavy (non-hydrogen) atoms. The number of aromatic amines is 1. The first-order valence-electron chi connectivity index (χ1n) is 6.61. The number of hydrogen-bond acceptors (Lipinski definition) is 2. The molecular formula is C15H13F3N2O2. The summed E-state index contributed by atoms with van der Waals surface area (Å²) in [7, 11) is 1.35. The molecule has 0 saturated carbocycles. The number of allylic oxidation sites excluding steroid dienone is 1. The number of H-pyrrole nitrogens is 1. The van der Waals surface area contributed by atoms with Crippen LogP contribution in [0.3, 0.4) is 0 Å². The van der Waals surface area contributed by atoms with E-state index in [0.717, 1.165) is 11.3 Å². The molecule has 7 heteroatoms. The first-order chi connectivity index (χ1) is 10.2. The third-order valence-electron chi connectivity index (χ3n) is 4.01. The summed E-state index contributed by atoms with van der Waals surface area (Å²) in [5, 5.41) is 1.21. The van der Waals surface area contributed by atoms with Gasteiger partial charge in [0.1, 0.15) is 0 Å². The standard InChI is InChI=1S/C15H13F3N2O2/c1-6-7(2)19-12-8(6)4-9-10(15(16,17)18)5-11(21)20-13(9)14(12)22-3/h4-5,9,19H,1-3H3. The SMILES string of the molecule is COC1=c2[nH]c(C)c(C)c2=CC2C(C(F)(F)F)=CC(=O)N=C12. The Morgan fingerprint density at radius 1 is 1.32 bits per heavy atom. The van der Waals surface area contributed by atoms with E-state index in [-0.39, 0.29) is 11.5 Å². The highest BCUT2D eigenvalue weighted by Gasteiger charge is 2.44. The number of carbonyl (C=O) groups is 1. The van der Waals surface area contributed by atoms with Crippen LogP contribution in [0.25, 0.3) is 11.8 Å². The second kappa shape index (κ2) is 4.59. The van der Waals surface area contributed by atoms with Crippen molar-refractivity contribution in [2.75, 3.05) is 7.11 Å². The Bertz CT molecular complexity index is 857. The molecule has 2 heterocycles. The Balaban J connectivity index is 2.36. The van der Waals surface area contributed by atoms with Gasteiger partial charge in [-0.25, -0.2) is 4.99 Å². The Morgan fingerprint density at radius 2 is 2.00 bits per heavy atom. The number of halogens is 3. The van der Waals surface area contributed by atoms with Crippen LogP contribution in [0.2, 0.25) is 0 Å². The largest absolute Gasteiger partial charge is 0.493 e. The normalized spacial score (nSPS) is 20.7. The van der Waals surface area contributed by atoms with Crippen LogP contribution in [0.15, 0.2) is 16.6 Å². The van der Waals surface area contributed by atoms with Gasteiger partial charge in [-0.1, -0.05) is 6.08 Å². The average molecular weight is 310 g/mol. The van der Waals surface area contributed by atoms with Gasteiger partial charge in [-0.15, -0.1) is 0 Å². The molecule has 1 N–H and O–H groups in total. The number of ether oxygens (including phenoxy) is 1. The number of hydrogen-bond donors (Lipinski definition) is 1. The van der Waals surface area contributed by atoms with Gasteiger partial charge in [0.2, 0.25) is 0 Å². The van der Waals surface area contributed by atoms with Crippen molar-refractivity contribution in [3.8, 4) is 0 Å². The van der Waals surface area contributed by atoms with Gasteiger partial charge in [0.25, 0.3) is 5.91 Å². The summed E-state index contributed by atoms with van der Waals surface area (Å²) >= 11 is 0. The number of aromatic nitrogens is 1. The Labute approximate surface area is 123 Å². The molecule has 0 radical (unpaired) electrons. The molecule has 0 aromatic carbocycles. The predicted octanol–water partition coefficient (Wildman–Crippen LogP) is 1.27. The molecule has 1 aromatic rings. The summed E-state index contributed by atoms with van der Waals surface area (Å²) in [5.74, 6) is -1.87. The van der Waals surface area contributed by atoms with E-state index in [9.17, 15) is 18.0 Å². The van der Waals surface area contributed by atoms with Crippen LogP contribution in [0.5, 0.6) is 0 Å². The van der Waals surface area contributed by atoms with Crippen LogP contribution in [0, 0.1) is 19.8 Å². The van der Waals surface area contributed by atoms with E-state index in [4.69, 9.17) is 4.74 Å². The predicted molar refractivity (Wildman–Crippen MR) is 74.5 cm³/mol. The number of rotatable bonds is 1. The summed E-state index contributed by atoms with van der Waals surface area (Å²) in [6.07, 6.45) is -2.56. The van der Waals surface area contributed by atoms with Crippen molar-refractivity contribution in [2.45, 2.75) is 20.0 Å². The van der Waals surface area contributed by atoms with E-state index in [1.54, 1.807) is 0 Å². The lowest BCUT2D eigenvalue weighted by atomic mass is 9.85. The molecule has 0 fully saturated rings. The number of alkyl halides is 3. The molecule has 4 nitrogen and oxygen atoms in total. The van der Waals surface area contributed by atoms with Crippen LogP contribution >= 0.6 is 0 Å². The van der Waals surface area contributed by atoms with E-state index in [2.05, 4.69) is 9.98 Å². The highest BCUT2D eigenvalue weighted by Crippen LogP contribution is 2.37. The smallest absolute Gasteiger partial charge is 0.413 e. The Kier molecular flexibility index (Phi) is 3.05. The maximum Gasteiger partial charge on any atom is 0.413 e. The molecule has 1 amide bonds. The maximum atomic E-state index is 13.2. The molecule has 0 spiro atoms. The second-order valence-corrected chi connectivity index (χ2v) is 5.27. The van der Waals surface area contributed by atoms with Crippen LogP contribution in [-0.4, -0.2) is 29.9 Å². The van der Waals surface area contributed by atoms with Gasteiger partial charge >= 0.3 is 6.18 Å². The summed E-state index contributed by atoms with van der Waals surface area (Å²) in [6.45, 7) is 3.65. The highest BCUT2D eigenvalue weighted by molar-refractivity contribution is 6.26. The summed E-state index contributed by atoms with van der Waals surface area (Å²) in [4.78, 5) is 18.4. The third kappa shape index (κ3) is 2.00. The zero-order chi connectivity index (χ0) is 16.2. The quantitative estimate of drug-likeness (QED) is 0.849. The monoisotopic (exact) mass is 310 g/mol. The van der Waals surface area contributed by atoms with Crippen LogP contribution < -0.4 is 10.6 Å².